The Hall–Kier alpha value is -2.41. The van der Waals surface area contributed by atoms with Crippen molar-refractivity contribution in [2.45, 2.75) is 77.8 Å². The maximum Gasteiger partial charge on any atom is 0.344 e. The van der Waals surface area contributed by atoms with Crippen LogP contribution in [0.4, 0.5) is 4.79 Å². The minimum Gasteiger partial charge on any atom is -0.322 e. The number of nitrogens with zero attached hydrogens (tertiary/aromatic N) is 1. The molecule has 1 saturated heterocycles. The van der Waals surface area contributed by atoms with Crippen molar-refractivity contribution in [1.82, 2.24) is 21.1 Å². The van der Waals surface area contributed by atoms with E-state index in [1.165, 1.54) is 5.56 Å². The minimum atomic E-state index is -0.839. The molecule has 1 aliphatic carbocycles. The molecule has 2 aliphatic rings. The van der Waals surface area contributed by atoms with E-state index < -0.39 is 17.5 Å². The second-order valence-corrected chi connectivity index (χ2v) is 9.69. The highest BCUT2D eigenvalue weighted by atomic mass is 16.2. The number of hydrazine groups is 1. The van der Waals surface area contributed by atoms with Gasteiger partial charge in [0.1, 0.15) is 5.54 Å². The van der Waals surface area contributed by atoms with Gasteiger partial charge in [-0.15, -0.1) is 0 Å². The third kappa shape index (κ3) is 5.45. The zero-order valence-electron chi connectivity index (χ0n) is 19.2. The van der Waals surface area contributed by atoms with E-state index in [1.54, 1.807) is 0 Å². The fourth-order valence-electron chi connectivity index (χ4n) is 4.65. The maximum absolute atomic E-state index is 12.8. The standard InChI is InChI=1S/C24H36N4O3/c1-16(2)14-18-8-10-19(11-9-18)21(17(3)4)25-15-20(29)27-28-22(30)24(26-23(28)31)12-6-5-7-13-24/h8-11,16-17,21,25H,5-7,12-15H2,1-4H3,(H,26,31)(H,27,29)/t21-/m0/s1. The first-order chi connectivity index (χ1) is 14.7. The van der Waals surface area contributed by atoms with Crippen LogP contribution in [0.2, 0.25) is 0 Å². The third-order valence-corrected chi connectivity index (χ3v) is 6.24. The molecule has 1 aliphatic heterocycles. The van der Waals surface area contributed by atoms with Crippen molar-refractivity contribution < 1.29 is 14.4 Å². The van der Waals surface area contributed by atoms with Crippen molar-refractivity contribution >= 4 is 17.8 Å². The molecule has 0 aromatic heterocycles. The SMILES string of the molecule is CC(C)Cc1ccc([C@@H](NCC(=O)NN2C(=O)NC3(CCCCC3)C2=O)C(C)C)cc1. The van der Waals surface area contributed by atoms with Gasteiger partial charge in [0.25, 0.3) is 11.8 Å². The van der Waals surface area contributed by atoms with Gasteiger partial charge in [0.05, 0.1) is 6.54 Å². The van der Waals surface area contributed by atoms with Crippen LogP contribution in [-0.4, -0.2) is 34.9 Å². The van der Waals surface area contributed by atoms with E-state index in [0.717, 1.165) is 36.3 Å². The first-order valence-electron chi connectivity index (χ1n) is 11.5. The summed E-state index contributed by atoms with van der Waals surface area (Å²) < 4.78 is 0. The topological polar surface area (TPSA) is 90.5 Å². The molecular weight excluding hydrogens is 392 g/mol. The summed E-state index contributed by atoms with van der Waals surface area (Å²) >= 11 is 0. The average molecular weight is 429 g/mol. The zero-order chi connectivity index (χ0) is 22.6. The van der Waals surface area contributed by atoms with Gasteiger partial charge in [0.15, 0.2) is 0 Å². The lowest BCUT2D eigenvalue weighted by Gasteiger charge is -2.30. The van der Waals surface area contributed by atoms with Crippen LogP contribution in [0, 0.1) is 11.8 Å². The van der Waals surface area contributed by atoms with E-state index in [2.05, 4.69) is 68.0 Å². The Morgan fingerprint density at radius 2 is 1.71 bits per heavy atom. The Labute approximate surface area is 185 Å². The Bertz CT molecular complexity index is 798. The number of carbonyl (C=O) groups excluding carboxylic acids is 3. The fraction of sp³-hybridized carbons (Fsp3) is 0.625. The summed E-state index contributed by atoms with van der Waals surface area (Å²) in [5, 5.41) is 6.95. The molecule has 1 heterocycles. The highest BCUT2D eigenvalue weighted by Crippen LogP contribution is 2.33. The van der Waals surface area contributed by atoms with Gasteiger partial charge < -0.3 is 10.6 Å². The molecule has 1 spiro atoms. The van der Waals surface area contributed by atoms with Crippen LogP contribution in [0.5, 0.6) is 0 Å². The molecule has 7 heteroatoms. The van der Waals surface area contributed by atoms with E-state index in [1.807, 2.05) is 0 Å². The molecule has 2 fully saturated rings. The summed E-state index contributed by atoms with van der Waals surface area (Å²) in [5.74, 6) is 0.128. The Morgan fingerprint density at radius 3 is 2.29 bits per heavy atom. The van der Waals surface area contributed by atoms with Gasteiger partial charge in [-0.2, -0.15) is 5.01 Å². The molecule has 0 bridgehead atoms. The molecular formula is C24H36N4O3. The largest absolute Gasteiger partial charge is 0.344 e. The van der Waals surface area contributed by atoms with Crippen molar-refractivity contribution in [2.75, 3.05) is 6.54 Å². The molecule has 3 N–H and O–H groups in total. The summed E-state index contributed by atoms with van der Waals surface area (Å²) in [5.41, 5.74) is 4.07. The van der Waals surface area contributed by atoms with Crippen molar-refractivity contribution in [1.29, 1.82) is 0 Å². The number of amides is 4. The molecule has 1 aromatic carbocycles. The summed E-state index contributed by atoms with van der Waals surface area (Å²) in [6.07, 6.45) is 5.17. The molecule has 0 radical (unpaired) electrons. The highest BCUT2D eigenvalue weighted by Gasteiger charge is 2.52. The minimum absolute atomic E-state index is 0.00774. The summed E-state index contributed by atoms with van der Waals surface area (Å²) in [6.45, 7) is 8.61. The molecule has 3 rings (SSSR count). The highest BCUT2D eigenvalue weighted by molar-refractivity contribution is 6.08. The van der Waals surface area contributed by atoms with Gasteiger partial charge in [-0.1, -0.05) is 71.2 Å². The van der Waals surface area contributed by atoms with Crippen molar-refractivity contribution in [3.63, 3.8) is 0 Å². The number of benzene rings is 1. The lowest BCUT2D eigenvalue weighted by Crippen LogP contribution is -2.52. The summed E-state index contributed by atoms with van der Waals surface area (Å²) in [6, 6.07) is 7.95. The van der Waals surface area contributed by atoms with Gasteiger partial charge in [-0.25, -0.2) is 4.79 Å². The first-order valence-corrected chi connectivity index (χ1v) is 11.5. The Balaban J connectivity index is 1.58. The lowest BCUT2D eigenvalue weighted by molar-refractivity contribution is -0.139. The molecule has 170 valence electrons. The van der Waals surface area contributed by atoms with Gasteiger partial charge >= 0.3 is 6.03 Å². The van der Waals surface area contributed by atoms with E-state index in [-0.39, 0.29) is 24.4 Å². The number of urea groups is 1. The monoisotopic (exact) mass is 428 g/mol. The maximum atomic E-state index is 12.8. The van der Waals surface area contributed by atoms with E-state index >= 15 is 0 Å². The Morgan fingerprint density at radius 1 is 1.06 bits per heavy atom. The predicted molar refractivity (Wildman–Crippen MR) is 120 cm³/mol. The molecule has 7 nitrogen and oxygen atoms in total. The van der Waals surface area contributed by atoms with Gasteiger partial charge in [0.2, 0.25) is 0 Å². The number of rotatable bonds is 8. The van der Waals surface area contributed by atoms with Gasteiger partial charge in [-0.05, 0) is 42.2 Å². The molecule has 4 amide bonds. The van der Waals surface area contributed by atoms with Crippen LogP contribution in [0.15, 0.2) is 24.3 Å². The van der Waals surface area contributed by atoms with Gasteiger partial charge in [-0.3, -0.25) is 15.0 Å². The van der Waals surface area contributed by atoms with Crippen molar-refractivity contribution in [2.24, 2.45) is 11.8 Å². The summed E-state index contributed by atoms with van der Waals surface area (Å²) in [7, 11) is 0. The second-order valence-electron chi connectivity index (χ2n) is 9.69. The van der Waals surface area contributed by atoms with E-state index in [4.69, 9.17) is 0 Å². The summed E-state index contributed by atoms with van der Waals surface area (Å²) in [4.78, 5) is 37.7. The second kappa shape index (κ2) is 9.81. The normalized spacial score (nSPS) is 19.2. The van der Waals surface area contributed by atoms with Gasteiger partial charge in [0, 0.05) is 6.04 Å². The molecule has 1 saturated carbocycles. The van der Waals surface area contributed by atoms with Crippen LogP contribution >= 0.6 is 0 Å². The van der Waals surface area contributed by atoms with E-state index in [9.17, 15) is 14.4 Å². The van der Waals surface area contributed by atoms with Crippen molar-refractivity contribution in [3.8, 4) is 0 Å². The zero-order valence-corrected chi connectivity index (χ0v) is 19.2. The number of imide groups is 1. The third-order valence-electron chi connectivity index (χ3n) is 6.24. The molecule has 1 aromatic rings. The molecule has 0 unspecified atom stereocenters. The number of nitrogens with one attached hydrogen (secondary N) is 3. The van der Waals surface area contributed by atoms with Crippen LogP contribution in [0.1, 0.15) is 77.0 Å². The van der Waals surface area contributed by atoms with E-state index in [0.29, 0.717) is 18.8 Å². The molecule has 31 heavy (non-hydrogen) atoms. The smallest absolute Gasteiger partial charge is 0.322 e. The average Bonchev–Trinajstić information content (AvgIpc) is 2.93. The van der Waals surface area contributed by atoms with Crippen LogP contribution < -0.4 is 16.1 Å². The Kier molecular flexibility index (Phi) is 7.36. The van der Waals surface area contributed by atoms with Crippen LogP contribution in [0.25, 0.3) is 0 Å². The quantitative estimate of drug-likeness (QED) is 0.553. The molecule has 1 atom stereocenters. The van der Waals surface area contributed by atoms with Crippen LogP contribution in [-0.2, 0) is 16.0 Å². The lowest BCUT2D eigenvalue weighted by atomic mass is 9.82. The predicted octanol–water partition coefficient (Wildman–Crippen LogP) is 3.46. The first kappa shape index (κ1) is 23.3. The van der Waals surface area contributed by atoms with Crippen molar-refractivity contribution in [3.05, 3.63) is 35.4 Å². The fourth-order valence-corrected chi connectivity index (χ4v) is 4.65. The number of carbonyl (C=O) groups is 3. The number of hydrogen-bond donors (Lipinski definition) is 3. The van der Waals surface area contributed by atoms with Crippen LogP contribution in [0.3, 0.4) is 0 Å². The number of hydrogen-bond acceptors (Lipinski definition) is 4.